The molecule has 1 aliphatic rings. The Morgan fingerprint density at radius 3 is 2.57 bits per heavy atom. The van der Waals surface area contributed by atoms with Gasteiger partial charge in [0.2, 0.25) is 0 Å². The van der Waals surface area contributed by atoms with Crippen LogP contribution in [0.25, 0.3) is 0 Å². The highest BCUT2D eigenvalue weighted by Gasteiger charge is 2.29. The second-order valence-electron chi connectivity index (χ2n) is 5.71. The van der Waals surface area contributed by atoms with Crippen LogP contribution in [-0.2, 0) is 9.53 Å². The van der Waals surface area contributed by atoms with Crippen molar-refractivity contribution in [1.82, 2.24) is 4.90 Å². The molecular formula is C17H21F2NO3. The van der Waals surface area contributed by atoms with Crippen LogP contribution in [-0.4, -0.2) is 36.5 Å². The number of piperidine rings is 1. The molecule has 1 fully saturated rings. The summed E-state index contributed by atoms with van der Waals surface area (Å²) < 4.78 is 31.8. The molecule has 0 bridgehead atoms. The molecule has 126 valence electrons. The number of rotatable bonds is 5. The molecule has 2 rings (SSSR count). The third-order valence-electron chi connectivity index (χ3n) is 4.02. The molecule has 0 radical (unpaired) electrons. The van der Waals surface area contributed by atoms with Gasteiger partial charge in [0.05, 0.1) is 18.1 Å². The van der Waals surface area contributed by atoms with Crippen molar-refractivity contribution in [3.8, 4) is 0 Å². The van der Waals surface area contributed by atoms with Crippen LogP contribution in [0.5, 0.6) is 0 Å². The van der Waals surface area contributed by atoms with Gasteiger partial charge >= 0.3 is 5.97 Å². The van der Waals surface area contributed by atoms with Crippen LogP contribution < -0.4 is 0 Å². The predicted octanol–water partition coefficient (Wildman–Crippen LogP) is 3.16. The number of carbonyl (C=O) groups is 2. The number of ether oxygens (including phenoxy) is 1. The molecule has 1 aromatic rings. The molecule has 6 heteroatoms. The van der Waals surface area contributed by atoms with Gasteiger partial charge in [-0.2, -0.15) is 0 Å². The summed E-state index contributed by atoms with van der Waals surface area (Å²) in [7, 11) is 0. The third kappa shape index (κ3) is 4.50. The van der Waals surface area contributed by atoms with Gasteiger partial charge in [-0.3, -0.25) is 9.59 Å². The van der Waals surface area contributed by atoms with Gasteiger partial charge in [-0.25, -0.2) is 8.78 Å². The van der Waals surface area contributed by atoms with Crippen molar-refractivity contribution in [3.05, 3.63) is 35.4 Å². The van der Waals surface area contributed by atoms with Crippen molar-refractivity contribution >= 4 is 11.9 Å². The number of hydrogen-bond acceptors (Lipinski definition) is 3. The number of amides is 1. The van der Waals surface area contributed by atoms with Gasteiger partial charge in [-0.1, -0.05) is 13.3 Å². The lowest BCUT2D eigenvalue weighted by atomic mass is 9.96. The van der Waals surface area contributed by atoms with E-state index in [0.29, 0.717) is 38.6 Å². The second-order valence-corrected chi connectivity index (χ2v) is 5.71. The Labute approximate surface area is 134 Å². The molecule has 0 atom stereocenters. The van der Waals surface area contributed by atoms with E-state index in [1.165, 1.54) is 4.90 Å². The van der Waals surface area contributed by atoms with Gasteiger partial charge in [0.25, 0.3) is 5.91 Å². The summed E-state index contributed by atoms with van der Waals surface area (Å²) in [6, 6.07) is 2.91. The zero-order chi connectivity index (χ0) is 16.8. The largest absolute Gasteiger partial charge is 0.465 e. The van der Waals surface area contributed by atoms with Gasteiger partial charge in [-0.05, 0) is 31.4 Å². The predicted molar refractivity (Wildman–Crippen MR) is 80.9 cm³/mol. The topological polar surface area (TPSA) is 46.6 Å². The minimum absolute atomic E-state index is 0.143. The standard InChI is InChI=1S/C17H21F2NO3/c1-2-3-10-23-17(22)12-6-8-20(9-7-12)16(21)14-5-4-13(18)11-15(14)19/h4-5,11-12H,2-3,6-10H2,1H3. The first kappa shape index (κ1) is 17.4. The SMILES string of the molecule is CCCCOC(=O)C1CCN(C(=O)c2ccc(F)cc2F)CC1. The molecule has 4 nitrogen and oxygen atoms in total. The first-order valence-electron chi connectivity index (χ1n) is 7.94. The van der Waals surface area contributed by atoms with Crippen molar-refractivity contribution < 1.29 is 23.1 Å². The fourth-order valence-corrected chi connectivity index (χ4v) is 2.59. The molecular weight excluding hydrogens is 304 g/mol. The van der Waals surface area contributed by atoms with Gasteiger partial charge in [-0.15, -0.1) is 0 Å². The first-order chi connectivity index (χ1) is 11.0. The Hall–Kier alpha value is -1.98. The number of unbranched alkanes of at least 4 members (excludes halogenated alkanes) is 1. The second kappa shape index (κ2) is 8.04. The van der Waals surface area contributed by atoms with Gasteiger partial charge in [0.15, 0.2) is 0 Å². The van der Waals surface area contributed by atoms with E-state index in [4.69, 9.17) is 4.74 Å². The van der Waals surface area contributed by atoms with Crippen LogP contribution >= 0.6 is 0 Å². The average molecular weight is 325 g/mol. The van der Waals surface area contributed by atoms with E-state index in [0.717, 1.165) is 25.0 Å². The quantitative estimate of drug-likeness (QED) is 0.617. The fraction of sp³-hybridized carbons (Fsp3) is 0.529. The Morgan fingerprint density at radius 2 is 1.96 bits per heavy atom. The molecule has 0 N–H and O–H groups in total. The van der Waals surface area contributed by atoms with Gasteiger partial charge < -0.3 is 9.64 Å². The maximum atomic E-state index is 13.7. The fourth-order valence-electron chi connectivity index (χ4n) is 2.59. The molecule has 1 heterocycles. The van der Waals surface area contributed by atoms with E-state index < -0.39 is 17.5 Å². The zero-order valence-corrected chi connectivity index (χ0v) is 13.2. The molecule has 0 unspecified atom stereocenters. The van der Waals surface area contributed by atoms with E-state index in [9.17, 15) is 18.4 Å². The van der Waals surface area contributed by atoms with E-state index in [-0.39, 0.29) is 17.5 Å². The van der Waals surface area contributed by atoms with Gasteiger partial charge in [0.1, 0.15) is 11.6 Å². The van der Waals surface area contributed by atoms with Crippen LogP contribution in [0, 0.1) is 17.6 Å². The molecule has 0 aromatic heterocycles. The van der Waals surface area contributed by atoms with Crippen LogP contribution in [0.1, 0.15) is 43.0 Å². The zero-order valence-electron chi connectivity index (χ0n) is 13.2. The highest BCUT2D eigenvalue weighted by Crippen LogP contribution is 2.21. The van der Waals surface area contributed by atoms with E-state index >= 15 is 0 Å². The maximum absolute atomic E-state index is 13.7. The number of esters is 1. The third-order valence-corrected chi connectivity index (χ3v) is 4.02. The average Bonchev–Trinajstić information content (AvgIpc) is 2.54. The summed E-state index contributed by atoms with van der Waals surface area (Å²) in [5.74, 6) is -2.49. The smallest absolute Gasteiger partial charge is 0.309 e. The number of nitrogens with zero attached hydrogens (tertiary/aromatic N) is 1. The van der Waals surface area contributed by atoms with Crippen LogP contribution in [0.3, 0.4) is 0 Å². The lowest BCUT2D eigenvalue weighted by Crippen LogP contribution is -2.41. The minimum atomic E-state index is -0.865. The molecule has 0 spiro atoms. The Morgan fingerprint density at radius 1 is 1.26 bits per heavy atom. The summed E-state index contributed by atoms with van der Waals surface area (Å²) in [5.41, 5.74) is -0.143. The van der Waals surface area contributed by atoms with E-state index in [1.54, 1.807) is 0 Å². The lowest BCUT2D eigenvalue weighted by molar-refractivity contribution is -0.150. The highest BCUT2D eigenvalue weighted by atomic mass is 19.1. The minimum Gasteiger partial charge on any atom is -0.465 e. The molecule has 1 aromatic carbocycles. The number of benzene rings is 1. The van der Waals surface area contributed by atoms with Crippen molar-refractivity contribution in [2.24, 2.45) is 5.92 Å². The van der Waals surface area contributed by atoms with Crippen molar-refractivity contribution in [2.75, 3.05) is 19.7 Å². The van der Waals surface area contributed by atoms with E-state index in [1.807, 2.05) is 6.92 Å². The highest BCUT2D eigenvalue weighted by molar-refractivity contribution is 5.94. The monoisotopic (exact) mass is 325 g/mol. The maximum Gasteiger partial charge on any atom is 0.309 e. The Kier molecular flexibility index (Phi) is 6.07. The Bertz CT molecular complexity index is 569. The molecule has 1 amide bonds. The molecule has 23 heavy (non-hydrogen) atoms. The summed E-state index contributed by atoms with van der Waals surface area (Å²) in [6.45, 7) is 3.17. The lowest BCUT2D eigenvalue weighted by Gasteiger charge is -2.31. The summed E-state index contributed by atoms with van der Waals surface area (Å²) in [6.07, 6.45) is 2.80. The van der Waals surface area contributed by atoms with E-state index in [2.05, 4.69) is 0 Å². The number of likely N-dealkylation sites (tertiary alicyclic amines) is 1. The molecule has 0 aliphatic carbocycles. The molecule has 1 aliphatic heterocycles. The molecule has 1 saturated heterocycles. The number of carbonyl (C=O) groups excluding carboxylic acids is 2. The van der Waals surface area contributed by atoms with Crippen LogP contribution in [0.15, 0.2) is 18.2 Å². The van der Waals surface area contributed by atoms with Crippen LogP contribution in [0.4, 0.5) is 8.78 Å². The Balaban J connectivity index is 1.88. The summed E-state index contributed by atoms with van der Waals surface area (Å²) in [5, 5.41) is 0. The van der Waals surface area contributed by atoms with Crippen molar-refractivity contribution in [2.45, 2.75) is 32.6 Å². The first-order valence-corrected chi connectivity index (χ1v) is 7.94. The van der Waals surface area contributed by atoms with Crippen molar-refractivity contribution in [1.29, 1.82) is 0 Å². The van der Waals surface area contributed by atoms with Gasteiger partial charge in [0, 0.05) is 19.2 Å². The normalized spacial score (nSPS) is 15.5. The molecule has 0 saturated carbocycles. The number of hydrogen-bond donors (Lipinski definition) is 0. The number of halogens is 2. The van der Waals surface area contributed by atoms with Crippen molar-refractivity contribution in [3.63, 3.8) is 0 Å². The summed E-state index contributed by atoms with van der Waals surface area (Å²) >= 11 is 0. The summed E-state index contributed by atoms with van der Waals surface area (Å²) in [4.78, 5) is 25.6. The van der Waals surface area contributed by atoms with Crippen LogP contribution in [0.2, 0.25) is 0 Å².